The van der Waals surface area contributed by atoms with Crippen LogP contribution in [0.5, 0.6) is 0 Å². The quantitative estimate of drug-likeness (QED) is 0.719. The zero-order valence-electron chi connectivity index (χ0n) is 14.0. The molecule has 0 spiro atoms. The maximum absolute atomic E-state index is 12.2. The Labute approximate surface area is 136 Å². The lowest BCUT2D eigenvalue weighted by atomic mass is 9.97. The Kier molecular flexibility index (Phi) is 6.30. The number of benzene rings is 1. The van der Waals surface area contributed by atoms with Crippen LogP contribution in [-0.2, 0) is 9.59 Å². The first kappa shape index (κ1) is 18.7. The summed E-state index contributed by atoms with van der Waals surface area (Å²) in [7, 11) is 0. The van der Waals surface area contributed by atoms with Crippen LogP contribution < -0.4 is 10.6 Å². The number of nitrogens with one attached hydrogen (secondary N) is 2. The van der Waals surface area contributed by atoms with E-state index in [1.54, 1.807) is 52.0 Å². The molecule has 6 nitrogen and oxygen atoms in total. The highest BCUT2D eigenvalue weighted by Gasteiger charge is 2.22. The van der Waals surface area contributed by atoms with Crippen molar-refractivity contribution in [3.63, 3.8) is 0 Å². The highest BCUT2D eigenvalue weighted by atomic mass is 16.4. The number of carbonyl (C=O) groups is 3. The van der Waals surface area contributed by atoms with E-state index in [-0.39, 0.29) is 24.2 Å². The van der Waals surface area contributed by atoms with E-state index < -0.39 is 11.5 Å². The summed E-state index contributed by atoms with van der Waals surface area (Å²) in [6.45, 7) is 7.17. The number of hydrogen-bond acceptors (Lipinski definition) is 3. The predicted octanol–water partition coefficient (Wildman–Crippen LogP) is 2.65. The predicted molar refractivity (Wildman–Crippen MR) is 88.3 cm³/mol. The zero-order valence-corrected chi connectivity index (χ0v) is 14.0. The second kappa shape index (κ2) is 7.76. The molecule has 23 heavy (non-hydrogen) atoms. The first-order valence-electron chi connectivity index (χ1n) is 7.56. The van der Waals surface area contributed by atoms with E-state index in [1.165, 1.54) is 0 Å². The molecule has 0 aliphatic carbocycles. The number of anilines is 1. The van der Waals surface area contributed by atoms with Crippen LogP contribution in [-0.4, -0.2) is 28.4 Å². The van der Waals surface area contributed by atoms with Gasteiger partial charge < -0.3 is 15.7 Å². The lowest BCUT2D eigenvalue weighted by Crippen LogP contribution is -2.43. The fourth-order valence-corrected chi connectivity index (χ4v) is 1.85. The molecule has 2 amide bonds. The molecule has 0 heterocycles. The number of carboxylic acids is 1. The average Bonchev–Trinajstić information content (AvgIpc) is 2.45. The van der Waals surface area contributed by atoms with E-state index in [0.29, 0.717) is 17.7 Å². The van der Waals surface area contributed by atoms with Crippen LogP contribution in [0, 0.1) is 5.92 Å². The van der Waals surface area contributed by atoms with Crippen LogP contribution in [0.4, 0.5) is 5.69 Å². The molecule has 0 unspecified atom stereocenters. The lowest BCUT2D eigenvalue weighted by Gasteiger charge is -2.25. The van der Waals surface area contributed by atoms with Gasteiger partial charge in [0.1, 0.15) is 0 Å². The summed E-state index contributed by atoms with van der Waals surface area (Å²) in [5.74, 6) is -1.37. The van der Waals surface area contributed by atoms with Crippen molar-refractivity contribution in [2.24, 2.45) is 5.92 Å². The molecule has 126 valence electrons. The van der Waals surface area contributed by atoms with Gasteiger partial charge in [0.2, 0.25) is 5.91 Å². The maximum atomic E-state index is 12.2. The summed E-state index contributed by atoms with van der Waals surface area (Å²) in [6.07, 6.45) is 0.337. The third kappa shape index (κ3) is 6.50. The van der Waals surface area contributed by atoms with Gasteiger partial charge in [-0.1, -0.05) is 13.8 Å². The van der Waals surface area contributed by atoms with Crippen molar-refractivity contribution in [3.05, 3.63) is 29.8 Å². The van der Waals surface area contributed by atoms with E-state index in [0.717, 1.165) is 0 Å². The molecule has 0 radical (unpaired) electrons. The topological polar surface area (TPSA) is 95.5 Å². The van der Waals surface area contributed by atoms with E-state index in [1.807, 2.05) is 0 Å². The van der Waals surface area contributed by atoms with Crippen LogP contribution in [0.3, 0.4) is 0 Å². The van der Waals surface area contributed by atoms with Crippen molar-refractivity contribution >= 4 is 23.5 Å². The largest absolute Gasteiger partial charge is 0.481 e. The van der Waals surface area contributed by atoms with Gasteiger partial charge in [0.05, 0.1) is 0 Å². The van der Waals surface area contributed by atoms with Crippen molar-refractivity contribution in [1.82, 2.24) is 5.32 Å². The summed E-state index contributed by atoms with van der Waals surface area (Å²) in [5, 5.41) is 14.3. The van der Waals surface area contributed by atoms with Gasteiger partial charge in [-0.25, -0.2) is 0 Å². The number of carbonyl (C=O) groups excluding carboxylic acids is 2. The third-order valence-electron chi connectivity index (χ3n) is 3.35. The minimum atomic E-state index is -0.891. The van der Waals surface area contributed by atoms with Crippen molar-refractivity contribution in [2.45, 2.75) is 46.1 Å². The van der Waals surface area contributed by atoms with Gasteiger partial charge in [0, 0.05) is 29.1 Å². The number of carboxylic acid groups (broad SMARTS) is 1. The van der Waals surface area contributed by atoms with Crippen molar-refractivity contribution in [2.75, 3.05) is 5.32 Å². The standard InChI is InChI=1S/C17H24N2O4/c1-11(2)15(22)18-13-7-5-12(6-8-13)16(23)19-17(3,4)10-9-14(20)21/h5-8,11H,9-10H2,1-4H3,(H,18,22)(H,19,23)(H,20,21). The Balaban J connectivity index is 2.67. The van der Waals surface area contributed by atoms with Gasteiger partial charge in [-0.2, -0.15) is 0 Å². The number of aliphatic carboxylic acids is 1. The normalized spacial score (nSPS) is 11.2. The Hall–Kier alpha value is -2.37. The molecule has 0 aliphatic heterocycles. The molecule has 0 aliphatic rings. The van der Waals surface area contributed by atoms with Crippen molar-refractivity contribution < 1.29 is 19.5 Å². The molecule has 3 N–H and O–H groups in total. The van der Waals surface area contributed by atoms with Gasteiger partial charge in [-0.05, 0) is 44.5 Å². The highest BCUT2D eigenvalue weighted by molar-refractivity contribution is 5.96. The zero-order chi connectivity index (χ0) is 17.6. The fraction of sp³-hybridized carbons (Fsp3) is 0.471. The molecular formula is C17H24N2O4. The molecule has 0 atom stereocenters. The molecule has 0 bridgehead atoms. The van der Waals surface area contributed by atoms with Gasteiger partial charge in [0.15, 0.2) is 0 Å². The molecule has 1 aromatic carbocycles. The van der Waals surface area contributed by atoms with Crippen LogP contribution >= 0.6 is 0 Å². The van der Waals surface area contributed by atoms with Crippen LogP contribution in [0.2, 0.25) is 0 Å². The smallest absolute Gasteiger partial charge is 0.303 e. The van der Waals surface area contributed by atoms with Crippen LogP contribution in [0.1, 0.15) is 50.9 Å². The Morgan fingerprint density at radius 2 is 1.70 bits per heavy atom. The van der Waals surface area contributed by atoms with Crippen LogP contribution in [0.25, 0.3) is 0 Å². The van der Waals surface area contributed by atoms with Crippen molar-refractivity contribution in [3.8, 4) is 0 Å². The van der Waals surface area contributed by atoms with Crippen molar-refractivity contribution in [1.29, 1.82) is 0 Å². The van der Waals surface area contributed by atoms with E-state index in [4.69, 9.17) is 5.11 Å². The Morgan fingerprint density at radius 3 is 2.17 bits per heavy atom. The second-order valence-electron chi connectivity index (χ2n) is 6.45. The molecule has 0 saturated carbocycles. The summed E-state index contributed by atoms with van der Waals surface area (Å²) in [5.41, 5.74) is 0.473. The monoisotopic (exact) mass is 320 g/mol. The summed E-state index contributed by atoms with van der Waals surface area (Å²) >= 11 is 0. The summed E-state index contributed by atoms with van der Waals surface area (Å²) < 4.78 is 0. The number of hydrogen-bond donors (Lipinski definition) is 3. The summed E-state index contributed by atoms with van der Waals surface area (Å²) in [6, 6.07) is 6.58. The minimum absolute atomic E-state index is 0.00650. The third-order valence-corrected chi connectivity index (χ3v) is 3.35. The Bertz CT molecular complexity index is 577. The van der Waals surface area contributed by atoms with Crippen LogP contribution in [0.15, 0.2) is 24.3 Å². The molecule has 0 saturated heterocycles. The number of amides is 2. The van der Waals surface area contributed by atoms with E-state index in [9.17, 15) is 14.4 Å². The number of rotatable bonds is 7. The van der Waals surface area contributed by atoms with E-state index >= 15 is 0 Å². The first-order valence-corrected chi connectivity index (χ1v) is 7.56. The summed E-state index contributed by atoms with van der Waals surface area (Å²) in [4.78, 5) is 34.4. The van der Waals surface area contributed by atoms with Gasteiger partial charge in [-0.3, -0.25) is 14.4 Å². The SMILES string of the molecule is CC(C)C(=O)Nc1ccc(C(=O)NC(C)(C)CCC(=O)O)cc1. The first-order chi connectivity index (χ1) is 10.6. The Morgan fingerprint density at radius 1 is 1.13 bits per heavy atom. The molecule has 6 heteroatoms. The minimum Gasteiger partial charge on any atom is -0.481 e. The molecule has 0 fully saturated rings. The highest BCUT2D eigenvalue weighted by Crippen LogP contribution is 2.15. The second-order valence-corrected chi connectivity index (χ2v) is 6.45. The average molecular weight is 320 g/mol. The van der Waals surface area contributed by atoms with Gasteiger partial charge in [0.25, 0.3) is 5.91 Å². The van der Waals surface area contributed by atoms with Gasteiger partial charge >= 0.3 is 5.97 Å². The molecule has 1 aromatic rings. The fourth-order valence-electron chi connectivity index (χ4n) is 1.85. The molecule has 1 rings (SSSR count). The molecule has 0 aromatic heterocycles. The van der Waals surface area contributed by atoms with E-state index in [2.05, 4.69) is 10.6 Å². The van der Waals surface area contributed by atoms with Gasteiger partial charge in [-0.15, -0.1) is 0 Å². The molecular weight excluding hydrogens is 296 g/mol. The maximum Gasteiger partial charge on any atom is 0.303 e. The lowest BCUT2D eigenvalue weighted by molar-refractivity contribution is -0.137.